The average Bonchev–Trinajstić information content (AvgIpc) is 3.57. The minimum absolute atomic E-state index is 0.0650. The van der Waals surface area contributed by atoms with Crippen molar-refractivity contribution in [1.82, 2.24) is 0 Å². The molecule has 0 spiro atoms. The smallest absolute Gasteiger partial charge is 0.0526 e. The minimum Gasteiger partial charge on any atom is -0.0804 e. The number of allylic oxidation sites excluding steroid dienone is 4. The van der Waals surface area contributed by atoms with Gasteiger partial charge in [-0.05, 0) is 75.6 Å². The van der Waals surface area contributed by atoms with E-state index in [2.05, 4.69) is 159 Å². The molecule has 4 aromatic carbocycles. The summed E-state index contributed by atoms with van der Waals surface area (Å²) in [5, 5.41) is 0. The maximum atomic E-state index is 2.54. The van der Waals surface area contributed by atoms with Crippen molar-refractivity contribution in [2.45, 2.75) is 84.0 Å². The van der Waals surface area contributed by atoms with E-state index in [0.29, 0.717) is 0 Å². The highest BCUT2D eigenvalue weighted by Gasteiger charge is 2.50. The van der Waals surface area contributed by atoms with Gasteiger partial charge in [-0.15, -0.1) is 0 Å². The highest BCUT2D eigenvalue weighted by Crippen LogP contribution is 2.61. The van der Waals surface area contributed by atoms with E-state index < -0.39 is 0 Å². The van der Waals surface area contributed by atoms with Gasteiger partial charge in [-0.1, -0.05) is 161 Å². The van der Waals surface area contributed by atoms with Crippen LogP contribution in [0.4, 0.5) is 0 Å². The zero-order chi connectivity index (χ0) is 29.2. The van der Waals surface area contributed by atoms with Crippen LogP contribution >= 0.6 is 0 Å². The van der Waals surface area contributed by atoms with Gasteiger partial charge >= 0.3 is 0 Å². The molecule has 41 heavy (non-hydrogen) atoms. The third-order valence-corrected chi connectivity index (χ3v) is 9.47. The summed E-state index contributed by atoms with van der Waals surface area (Å²) in [4.78, 5) is 0. The fraction of sp³-hybridized carbons (Fsp3) is 0.317. The molecule has 0 bridgehead atoms. The Morgan fingerprint density at radius 3 is 1.32 bits per heavy atom. The van der Waals surface area contributed by atoms with Gasteiger partial charge in [0.05, 0.1) is 5.41 Å². The normalized spacial score (nSPS) is 15.2. The first-order valence-corrected chi connectivity index (χ1v) is 15.2. The number of rotatable bonds is 4. The monoisotopic (exact) mass is 536 g/mol. The van der Waals surface area contributed by atoms with Gasteiger partial charge in [0.25, 0.3) is 0 Å². The summed E-state index contributed by atoms with van der Waals surface area (Å²) in [5.41, 5.74) is 15.0. The molecule has 0 heteroatoms. The van der Waals surface area contributed by atoms with Crippen molar-refractivity contribution in [2.75, 3.05) is 0 Å². The van der Waals surface area contributed by atoms with E-state index >= 15 is 0 Å². The summed E-state index contributed by atoms with van der Waals surface area (Å²) in [6, 6.07) is 33.4. The van der Waals surface area contributed by atoms with Crippen LogP contribution in [0.25, 0.3) is 11.1 Å². The second-order valence-corrected chi connectivity index (χ2v) is 14.4. The van der Waals surface area contributed by atoms with Crippen LogP contribution < -0.4 is 0 Å². The molecule has 0 saturated carbocycles. The predicted molar refractivity (Wildman–Crippen MR) is 176 cm³/mol. The van der Waals surface area contributed by atoms with Gasteiger partial charge in [-0.3, -0.25) is 0 Å². The highest BCUT2D eigenvalue weighted by atomic mass is 14.5. The fourth-order valence-corrected chi connectivity index (χ4v) is 7.09. The van der Waals surface area contributed by atoms with Crippen LogP contribution in [-0.4, -0.2) is 0 Å². The van der Waals surface area contributed by atoms with Crippen LogP contribution in [0.15, 0.2) is 109 Å². The molecule has 0 aliphatic heterocycles. The van der Waals surface area contributed by atoms with Gasteiger partial charge in [0, 0.05) is 5.92 Å². The lowest BCUT2D eigenvalue weighted by atomic mass is 9.58. The molecule has 0 saturated heterocycles. The molecule has 0 aromatic heterocycles. The van der Waals surface area contributed by atoms with Crippen molar-refractivity contribution in [3.63, 3.8) is 0 Å². The van der Waals surface area contributed by atoms with Crippen molar-refractivity contribution in [2.24, 2.45) is 0 Å². The molecule has 6 rings (SSSR count). The SMILES string of the molecule is Cc1ccc(C(C2=CC=CC2)(c2ccc(C)cc2)C2c3cc(C(C)(C)C)ccc3-c3ccc(C(C)(C)C)cc32)cc1. The lowest BCUT2D eigenvalue weighted by molar-refractivity contribution is 0.521. The number of fused-ring (bicyclic) bond motifs is 3. The van der Waals surface area contributed by atoms with E-state index in [1.54, 1.807) is 0 Å². The Balaban J connectivity index is 1.77. The number of aryl methyl sites for hydroxylation is 2. The summed E-state index contributed by atoms with van der Waals surface area (Å²) in [6.07, 6.45) is 7.96. The molecule has 0 nitrogen and oxygen atoms in total. The van der Waals surface area contributed by atoms with Gasteiger partial charge in [0.1, 0.15) is 0 Å². The third kappa shape index (κ3) is 4.53. The molecular formula is C41H44. The quantitative estimate of drug-likeness (QED) is 0.243. The van der Waals surface area contributed by atoms with Gasteiger partial charge < -0.3 is 0 Å². The second kappa shape index (κ2) is 9.73. The number of hydrogen-bond acceptors (Lipinski definition) is 0. The summed E-state index contributed by atoms with van der Waals surface area (Å²) >= 11 is 0. The second-order valence-electron chi connectivity index (χ2n) is 14.4. The average molecular weight is 537 g/mol. The van der Waals surface area contributed by atoms with Gasteiger partial charge in [-0.25, -0.2) is 0 Å². The van der Waals surface area contributed by atoms with Crippen LogP contribution in [0.5, 0.6) is 0 Å². The Hall–Kier alpha value is -3.64. The zero-order valence-electron chi connectivity index (χ0n) is 26.1. The zero-order valence-corrected chi connectivity index (χ0v) is 26.1. The highest BCUT2D eigenvalue weighted by molar-refractivity contribution is 5.82. The molecule has 4 aromatic rings. The van der Waals surface area contributed by atoms with Gasteiger partial charge in [0.2, 0.25) is 0 Å². The molecule has 0 heterocycles. The Morgan fingerprint density at radius 2 is 0.951 bits per heavy atom. The van der Waals surface area contributed by atoms with E-state index in [1.807, 2.05) is 0 Å². The predicted octanol–water partition coefficient (Wildman–Crippen LogP) is 10.9. The lowest BCUT2D eigenvalue weighted by Crippen LogP contribution is -2.37. The summed E-state index contributed by atoms with van der Waals surface area (Å²) in [5.74, 6) is 0.147. The third-order valence-electron chi connectivity index (χ3n) is 9.47. The first-order chi connectivity index (χ1) is 19.4. The molecule has 2 aliphatic rings. The summed E-state index contributed by atoms with van der Waals surface area (Å²) in [6.45, 7) is 18.4. The van der Waals surface area contributed by atoms with Crippen molar-refractivity contribution in [1.29, 1.82) is 0 Å². The van der Waals surface area contributed by atoms with E-state index in [0.717, 1.165) is 6.42 Å². The van der Waals surface area contributed by atoms with Crippen molar-refractivity contribution in [3.8, 4) is 11.1 Å². The van der Waals surface area contributed by atoms with E-state index in [-0.39, 0.29) is 22.2 Å². The summed E-state index contributed by atoms with van der Waals surface area (Å²) in [7, 11) is 0. The first kappa shape index (κ1) is 27.5. The molecule has 2 aliphatic carbocycles. The van der Waals surface area contributed by atoms with E-state index in [1.165, 1.54) is 61.2 Å². The molecule has 0 radical (unpaired) electrons. The molecular weight excluding hydrogens is 492 g/mol. The van der Waals surface area contributed by atoms with Crippen LogP contribution in [0, 0.1) is 13.8 Å². The molecule has 0 N–H and O–H groups in total. The first-order valence-electron chi connectivity index (χ1n) is 15.2. The van der Waals surface area contributed by atoms with Crippen LogP contribution in [0.3, 0.4) is 0 Å². The van der Waals surface area contributed by atoms with Crippen LogP contribution in [0.1, 0.15) is 98.4 Å². The standard InChI is InChI=1S/C41H44/c1-27-13-17-30(18-14-27)41(29-11-9-10-12-29,31-19-15-28(2)16-20-31)38-36-25-32(39(3,4)5)21-23-34(36)35-24-22-33(26-37(35)38)40(6,7)8/h9-11,13-26,38H,12H2,1-8H3. The van der Waals surface area contributed by atoms with Gasteiger partial charge in [-0.2, -0.15) is 0 Å². The lowest BCUT2D eigenvalue weighted by Gasteiger charge is -2.44. The minimum atomic E-state index is -0.349. The number of hydrogen-bond donors (Lipinski definition) is 0. The Kier molecular flexibility index (Phi) is 6.53. The largest absolute Gasteiger partial charge is 0.0804 e. The number of benzene rings is 4. The van der Waals surface area contributed by atoms with Crippen molar-refractivity contribution < 1.29 is 0 Å². The van der Waals surface area contributed by atoms with Crippen LogP contribution in [0.2, 0.25) is 0 Å². The van der Waals surface area contributed by atoms with Gasteiger partial charge in [0.15, 0.2) is 0 Å². The van der Waals surface area contributed by atoms with E-state index in [9.17, 15) is 0 Å². The van der Waals surface area contributed by atoms with Crippen LogP contribution in [-0.2, 0) is 16.2 Å². The van der Waals surface area contributed by atoms with E-state index in [4.69, 9.17) is 0 Å². The molecule has 208 valence electrons. The molecule has 0 unspecified atom stereocenters. The Labute approximate surface area is 247 Å². The molecule has 0 fully saturated rings. The molecule has 0 atom stereocenters. The van der Waals surface area contributed by atoms with Crippen molar-refractivity contribution in [3.05, 3.63) is 153 Å². The Bertz CT molecular complexity index is 1550. The summed E-state index contributed by atoms with van der Waals surface area (Å²) < 4.78 is 0. The maximum absolute atomic E-state index is 2.54. The topological polar surface area (TPSA) is 0 Å². The van der Waals surface area contributed by atoms with Crippen molar-refractivity contribution >= 4 is 0 Å². The maximum Gasteiger partial charge on any atom is 0.0526 e. The fourth-order valence-electron chi connectivity index (χ4n) is 7.09. The molecule has 0 amide bonds. The Morgan fingerprint density at radius 1 is 0.537 bits per heavy atom.